The SMILES string of the molecule is NCC12C[C@H]3C[C@@H](CC(S)(C3)C1)C2. The molecule has 0 heterocycles. The van der Waals surface area contributed by atoms with Crippen LogP contribution >= 0.6 is 12.6 Å². The molecule has 0 spiro atoms. The van der Waals surface area contributed by atoms with Crippen molar-refractivity contribution >= 4 is 12.6 Å². The highest BCUT2D eigenvalue weighted by Crippen LogP contribution is 2.63. The van der Waals surface area contributed by atoms with Gasteiger partial charge in [-0.15, -0.1) is 0 Å². The summed E-state index contributed by atoms with van der Waals surface area (Å²) < 4.78 is 0.378. The van der Waals surface area contributed by atoms with Gasteiger partial charge in [0.1, 0.15) is 0 Å². The molecule has 2 N–H and O–H groups in total. The molecule has 2 heteroatoms. The van der Waals surface area contributed by atoms with Gasteiger partial charge in [-0.1, -0.05) is 0 Å². The molecule has 0 unspecified atom stereocenters. The summed E-state index contributed by atoms with van der Waals surface area (Å²) in [5, 5.41) is 0. The van der Waals surface area contributed by atoms with Crippen LogP contribution in [0.25, 0.3) is 0 Å². The highest BCUT2D eigenvalue weighted by atomic mass is 32.1. The molecule has 4 saturated carbocycles. The van der Waals surface area contributed by atoms with E-state index < -0.39 is 0 Å². The van der Waals surface area contributed by atoms with E-state index in [0.717, 1.165) is 18.4 Å². The van der Waals surface area contributed by atoms with Crippen LogP contribution in [-0.4, -0.2) is 11.3 Å². The van der Waals surface area contributed by atoms with Gasteiger partial charge >= 0.3 is 0 Å². The van der Waals surface area contributed by atoms with Crippen molar-refractivity contribution in [2.75, 3.05) is 6.54 Å². The van der Waals surface area contributed by atoms with E-state index in [0.29, 0.717) is 10.2 Å². The largest absolute Gasteiger partial charge is 0.330 e. The third-order valence-electron chi connectivity index (χ3n) is 4.58. The van der Waals surface area contributed by atoms with Crippen LogP contribution < -0.4 is 5.73 Å². The molecule has 4 bridgehead atoms. The maximum absolute atomic E-state index is 5.95. The number of thiol groups is 1. The lowest BCUT2D eigenvalue weighted by Gasteiger charge is -2.60. The topological polar surface area (TPSA) is 26.0 Å². The number of hydrogen-bond acceptors (Lipinski definition) is 2. The molecular formula is C11H19NS. The van der Waals surface area contributed by atoms with Crippen LogP contribution in [-0.2, 0) is 0 Å². The van der Waals surface area contributed by atoms with Crippen LogP contribution in [0.1, 0.15) is 38.5 Å². The zero-order chi connectivity index (χ0) is 9.10. The van der Waals surface area contributed by atoms with E-state index >= 15 is 0 Å². The first-order chi connectivity index (χ1) is 6.13. The fourth-order valence-corrected chi connectivity index (χ4v) is 5.49. The Balaban J connectivity index is 1.95. The van der Waals surface area contributed by atoms with Crippen LogP contribution in [0.5, 0.6) is 0 Å². The Morgan fingerprint density at radius 1 is 1.15 bits per heavy atom. The van der Waals surface area contributed by atoms with E-state index in [1.165, 1.54) is 38.5 Å². The molecule has 0 saturated heterocycles. The lowest BCUT2D eigenvalue weighted by Crippen LogP contribution is -2.55. The first-order valence-electron chi connectivity index (χ1n) is 5.56. The molecule has 4 rings (SSSR count). The third-order valence-corrected chi connectivity index (χ3v) is 5.11. The number of hydrogen-bond donors (Lipinski definition) is 2. The summed E-state index contributed by atoms with van der Waals surface area (Å²) in [6, 6.07) is 0. The van der Waals surface area contributed by atoms with E-state index in [1.807, 2.05) is 0 Å². The van der Waals surface area contributed by atoms with Crippen LogP contribution in [0.2, 0.25) is 0 Å². The second-order valence-corrected chi connectivity index (χ2v) is 6.84. The molecule has 4 aliphatic carbocycles. The van der Waals surface area contributed by atoms with E-state index in [2.05, 4.69) is 0 Å². The molecule has 74 valence electrons. The summed E-state index contributed by atoms with van der Waals surface area (Å²) in [4.78, 5) is 0. The minimum absolute atomic E-state index is 0.378. The Kier molecular flexibility index (Phi) is 1.63. The average Bonchev–Trinajstić information content (AvgIpc) is 1.99. The van der Waals surface area contributed by atoms with Gasteiger partial charge in [-0.05, 0) is 62.3 Å². The van der Waals surface area contributed by atoms with E-state index in [1.54, 1.807) is 0 Å². The second-order valence-electron chi connectivity index (χ2n) is 5.89. The molecule has 1 nitrogen and oxygen atoms in total. The van der Waals surface area contributed by atoms with Gasteiger partial charge < -0.3 is 5.73 Å². The zero-order valence-electron chi connectivity index (χ0n) is 8.13. The van der Waals surface area contributed by atoms with E-state index in [9.17, 15) is 0 Å². The van der Waals surface area contributed by atoms with Crippen LogP contribution in [0.4, 0.5) is 0 Å². The van der Waals surface area contributed by atoms with Crippen LogP contribution in [0.15, 0.2) is 0 Å². The van der Waals surface area contributed by atoms with Gasteiger partial charge in [-0.25, -0.2) is 0 Å². The third kappa shape index (κ3) is 1.18. The van der Waals surface area contributed by atoms with Crippen molar-refractivity contribution in [2.24, 2.45) is 23.0 Å². The molecule has 4 aliphatic rings. The van der Waals surface area contributed by atoms with E-state index in [4.69, 9.17) is 18.4 Å². The lowest BCUT2D eigenvalue weighted by atomic mass is 9.49. The normalized spacial score (nSPS) is 58.6. The summed E-state index contributed by atoms with van der Waals surface area (Å²) in [7, 11) is 0. The average molecular weight is 197 g/mol. The maximum Gasteiger partial charge on any atom is 0.0141 e. The monoisotopic (exact) mass is 197 g/mol. The Bertz CT molecular complexity index is 224. The lowest BCUT2D eigenvalue weighted by molar-refractivity contribution is -0.0305. The molecule has 0 radical (unpaired) electrons. The highest BCUT2D eigenvalue weighted by molar-refractivity contribution is 7.81. The summed E-state index contributed by atoms with van der Waals surface area (Å²) in [6.07, 6.45) is 8.32. The standard InChI is InChI=1S/C11H19NS/c12-7-10-2-8-1-9(3-10)5-11(13,4-8)6-10/h8-9,13H,1-7,12H2/t8-,9-,10?,11?/m1/s1. The predicted octanol–water partition coefficient (Wildman–Crippen LogP) is 2.21. The summed E-state index contributed by atoms with van der Waals surface area (Å²) in [5.41, 5.74) is 6.46. The summed E-state index contributed by atoms with van der Waals surface area (Å²) in [6.45, 7) is 0.905. The molecule has 0 aromatic heterocycles. The van der Waals surface area contributed by atoms with Crippen molar-refractivity contribution < 1.29 is 0 Å². The molecule has 13 heavy (non-hydrogen) atoms. The molecule has 0 aromatic rings. The Morgan fingerprint density at radius 3 is 2.23 bits per heavy atom. The molecule has 0 amide bonds. The molecule has 0 aromatic carbocycles. The van der Waals surface area contributed by atoms with Gasteiger partial charge in [0.15, 0.2) is 0 Å². The van der Waals surface area contributed by atoms with Gasteiger partial charge in [0.25, 0.3) is 0 Å². The minimum atomic E-state index is 0.378. The maximum atomic E-state index is 5.95. The van der Waals surface area contributed by atoms with Crippen molar-refractivity contribution in [3.05, 3.63) is 0 Å². The van der Waals surface area contributed by atoms with Crippen molar-refractivity contribution in [1.29, 1.82) is 0 Å². The zero-order valence-corrected chi connectivity index (χ0v) is 9.02. The highest BCUT2D eigenvalue weighted by Gasteiger charge is 2.55. The van der Waals surface area contributed by atoms with Crippen molar-refractivity contribution in [1.82, 2.24) is 0 Å². The van der Waals surface area contributed by atoms with Crippen molar-refractivity contribution in [2.45, 2.75) is 43.3 Å². The van der Waals surface area contributed by atoms with Crippen LogP contribution in [0, 0.1) is 17.3 Å². The Morgan fingerprint density at radius 2 is 1.77 bits per heavy atom. The van der Waals surface area contributed by atoms with Gasteiger partial charge in [0, 0.05) is 4.75 Å². The Labute approximate surface area is 85.9 Å². The number of nitrogens with two attached hydrogens (primary N) is 1. The first-order valence-corrected chi connectivity index (χ1v) is 6.00. The Hall–Kier alpha value is 0.310. The van der Waals surface area contributed by atoms with Gasteiger partial charge in [-0.2, -0.15) is 12.6 Å². The van der Waals surface area contributed by atoms with Gasteiger partial charge in [-0.3, -0.25) is 0 Å². The molecule has 2 atom stereocenters. The fourth-order valence-electron chi connectivity index (χ4n) is 4.64. The van der Waals surface area contributed by atoms with Crippen LogP contribution in [0.3, 0.4) is 0 Å². The first kappa shape index (κ1) is 8.60. The van der Waals surface area contributed by atoms with Crippen molar-refractivity contribution in [3.63, 3.8) is 0 Å². The van der Waals surface area contributed by atoms with E-state index in [-0.39, 0.29) is 0 Å². The van der Waals surface area contributed by atoms with Crippen molar-refractivity contribution in [3.8, 4) is 0 Å². The summed E-state index contributed by atoms with van der Waals surface area (Å²) >= 11 is 4.90. The van der Waals surface area contributed by atoms with Gasteiger partial charge in [0.05, 0.1) is 0 Å². The molecule has 4 fully saturated rings. The smallest absolute Gasteiger partial charge is 0.0141 e. The summed E-state index contributed by atoms with van der Waals surface area (Å²) in [5.74, 6) is 1.92. The molecule has 0 aliphatic heterocycles. The second kappa shape index (κ2) is 2.46. The molecular weight excluding hydrogens is 178 g/mol. The minimum Gasteiger partial charge on any atom is -0.330 e. The quantitative estimate of drug-likeness (QED) is 0.619. The fraction of sp³-hybridized carbons (Fsp3) is 1.00. The number of rotatable bonds is 1. The predicted molar refractivity (Wildman–Crippen MR) is 57.9 cm³/mol. The van der Waals surface area contributed by atoms with Gasteiger partial charge in [0.2, 0.25) is 0 Å².